The van der Waals surface area contributed by atoms with Crippen molar-refractivity contribution < 1.29 is 8.42 Å². The first-order valence-corrected chi connectivity index (χ1v) is 10.0. The number of hydrogen-bond acceptors (Lipinski definition) is 6. The Morgan fingerprint density at radius 3 is 2.44 bits per heavy atom. The van der Waals surface area contributed by atoms with Crippen LogP contribution in [0.25, 0.3) is 5.69 Å². The lowest BCUT2D eigenvalue weighted by molar-refractivity contribution is 0.587. The molecule has 3 rings (SSSR count). The molecule has 140 valence electrons. The van der Waals surface area contributed by atoms with Gasteiger partial charge in [0.25, 0.3) is 5.56 Å². The minimum absolute atomic E-state index is 0.111. The molecule has 1 aromatic carbocycles. The Bertz CT molecular complexity index is 1150. The van der Waals surface area contributed by atoms with Crippen molar-refractivity contribution in [2.45, 2.75) is 12.2 Å². The molecule has 0 saturated heterocycles. The van der Waals surface area contributed by atoms with Crippen molar-refractivity contribution in [3.63, 3.8) is 0 Å². The minimum Gasteiger partial charge on any atom is -0.299 e. The summed E-state index contributed by atoms with van der Waals surface area (Å²) in [5.74, 6) is -0.111. The zero-order valence-electron chi connectivity index (χ0n) is 14.4. The first-order chi connectivity index (χ1) is 12.9. The van der Waals surface area contributed by atoms with Crippen LogP contribution < -0.4 is 10.3 Å². The fourth-order valence-corrected chi connectivity index (χ4v) is 3.54. The normalized spacial score (nSPS) is 11.4. The molecule has 8 nitrogen and oxygen atoms in total. The third-order valence-corrected chi connectivity index (χ3v) is 5.54. The molecular formula is C17H17N5O3S2. The minimum atomic E-state index is -3.34. The second-order valence-corrected chi connectivity index (χ2v) is 8.15. The Kier molecular flexibility index (Phi) is 5.59. The van der Waals surface area contributed by atoms with E-state index >= 15 is 0 Å². The molecule has 10 heteroatoms. The van der Waals surface area contributed by atoms with Crippen LogP contribution in [-0.4, -0.2) is 35.0 Å². The third kappa shape index (κ3) is 4.73. The van der Waals surface area contributed by atoms with E-state index in [1.54, 1.807) is 47.4 Å². The molecule has 2 heterocycles. The highest BCUT2D eigenvalue weighted by Gasteiger charge is 2.10. The Morgan fingerprint density at radius 2 is 1.81 bits per heavy atom. The molecule has 0 aliphatic rings. The van der Waals surface area contributed by atoms with Crippen LogP contribution in [0.4, 0.5) is 0 Å². The van der Waals surface area contributed by atoms with Crippen LogP contribution in [0, 0.1) is 4.77 Å². The van der Waals surface area contributed by atoms with Gasteiger partial charge in [-0.15, -0.1) is 0 Å². The van der Waals surface area contributed by atoms with E-state index in [2.05, 4.69) is 19.7 Å². The fraction of sp³-hybridized carbons (Fsp3) is 0.176. The zero-order chi connectivity index (χ0) is 19.4. The van der Waals surface area contributed by atoms with Crippen LogP contribution >= 0.6 is 12.2 Å². The molecule has 0 fully saturated rings. The maximum absolute atomic E-state index is 12.2. The Hall–Kier alpha value is -2.69. The molecule has 0 spiro atoms. The van der Waals surface area contributed by atoms with Crippen LogP contribution in [0.1, 0.15) is 16.7 Å². The highest BCUT2D eigenvalue weighted by atomic mass is 32.2. The highest BCUT2D eigenvalue weighted by molar-refractivity contribution is 7.88. The van der Waals surface area contributed by atoms with Gasteiger partial charge in [-0.1, -0.05) is 12.1 Å². The first kappa shape index (κ1) is 19.1. The van der Waals surface area contributed by atoms with Crippen molar-refractivity contribution in [1.29, 1.82) is 0 Å². The van der Waals surface area contributed by atoms with E-state index in [9.17, 15) is 13.2 Å². The van der Waals surface area contributed by atoms with E-state index in [-0.39, 0.29) is 16.1 Å². The predicted molar refractivity (Wildman–Crippen MR) is 104 cm³/mol. The van der Waals surface area contributed by atoms with Gasteiger partial charge in [0.15, 0.2) is 4.77 Å². The highest BCUT2D eigenvalue weighted by Crippen LogP contribution is 2.13. The summed E-state index contributed by atoms with van der Waals surface area (Å²) in [6, 6.07) is 6.93. The summed E-state index contributed by atoms with van der Waals surface area (Å²) in [6.45, 7) is 0. The summed E-state index contributed by atoms with van der Waals surface area (Å²) < 4.78 is 27.5. The average Bonchev–Trinajstić information content (AvgIpc) is 2.65. The molecule has 0 aliphatic heterocycles. The van der Waals surface area contributed by atoms with Crippen LogP contribution in [0.2, 0.25) is 0 Å². The lowest BCUT2D eigenvalue weighted by Gasteiger charge is -2.10. The van der Waals surface area contributed by atoms with Crippen molar-refractivity contribution in [3.8, 4) is 5.69 Å². The van der Waals surface area contributed by atoms with Crippen molar-refractivity contribution >= 4 is 22.2 Å². The van der Waals surface area contributed by atoms with E-state index in [0.29, 0.717) is 23.2 Å². The fourth-order valence-electron chi connectivity index (χ4n) is 2.51. The van der Waals surface area contributed by atoms with Crippen LogP contribution in [0.3, 0.4) is 0 Å². The SMILES string of the molecule is CNS(=O)(=O)Cc1ccc(-n2cc(Cc3cncnc3)c(=O)[nH]c2=S)cc1. The monoisotopic (exact) mass is 403 g/mol. The van der Waals surface area contributed by atoms with Gasteiger partial charge in [0.05, 0.1) is 5.75 Å². The Labute approximate surface area is 161 Å². The molecule has 27 heavy (non-hydrogen) atoms. The van der Waals surface area contributed by atoms with Crippen molar-refractivity contribution in [3.05, 3.63) is 81.0 Å². The maximum Gasteiger partial charge on any atom is 0.255 e. The second kappa shape index (κ2) is 7.91. The molecular weight excluding hydrogens is 386 g/mol. The molecule has 0 saturated carbocycles. The Balaban J connectivity index is 1.93. The number of benzene rings is 1. The summed E-state index contributed by atoms with van der Waals surface area (Å²) in [5.41, 5.74) is 2.41. The standard InChI is InChI=1S/C17H17N5O3S2/c1-18-27(24,25)10-12-2-4-15(5-3-12)22-9-14(16(23)21-17(22)26)6-13-7-19-11-20-8-13/h2-5,7-9,11,18H,6,10H2,1H3,(H,21,23,26). The number of aromatic nitrogens is 4. The van der Waals surface area contributed by atoms with E-state index in [1.807, 2.05) is 0 Å². The van der Waals surface area contributed by atoms with Gasteiger partial charge in [0.1, 0.15) is 6.33 Å². The molecule has 3 aromatic rings. The van der Waals surface area contributed by atoms with Crippen molar-refractivity contribution in [1.82, 2.24) is 24.2 Å². The molecule has 0 unspecified atom stereocenters. The molecule has 2 N–H and O–H groups in total. The topological polar surface area (TPSA) is 110 Å². The van der Waals surface area contributed by atoms with E-state index in [4.69, 9.17) is 12.2 Å². The summed E-state index contributed by atoms with van der Waals surface area (Å²) >= 11 is 5.26. The van der Waals surface area contributed by atoms with Crippen molar-refractivity contribution in [2.75, 3.05) is 7.05 Å². The van der Waals surface area contributed by atoms with E-state index < -0.39 is 10.0 Å². The van der Waals surface area contributed by atoms with Crippen LogP contribution in [0.15, 0.2) is 54.0 Å². The largest absolute Gasteiger partial charge is 0.299 e. The number of H-pyrrole nitrogens is 1. The second-order valence-electron chi connectivity index (χ2n) is 5.84. The summed E-state index contributed by atoms with van der Waals surface area (Å²) in [6.07, 6.45) is 6.76. The lowest BCUT2D eigenvalue weighted by Crippen LogP contribution is -2.20. The maximum atomic E-state index is 12.2. The van der Waals surface area contributed by atoms with Gasteiger partial charge < -0.3 is 0 Å². The van der Waals surface area contributed by atoms with Gasteiger partial charge in [0.2, 0.25) is 10.0 Å². The summed E-state index contributed by atoms with van der Waals surface area (Å²) in [5, 5.41) is 0. The number of hydrogen-bond donors (Lipinski definition) is 2. The van der Waals surface area contributed by atoms with Crippen LogP contribution in [0.5, 0.6) is 0 Å². The lowest BCUT2D eigenvalue weighted by atomic mass is 10.1. The van der Waals surface area contributed by atoms with Gasteiger partial charge in [0, 0.05) is 36.3 Å². The molecule has 0 radical (unpaired) electrons. The molecule has 0 bridgehead atoms. The summed E-state index contributed by atoms with van der Waals surface area (Å²) in [7, 11) is -1.96. The van der Waals surface area contributed by atoms with Crippen molar-refractivity contribution in [2.24, 2.45) is 0 Å². The van der Waals surface area contributed by atoms with Gasteiger partial charge in [-0.3, -0.25) is 14.3 Å². The third-order valence-electron chi connectivity index (χ3n) is 3.91. The molecule has 0 aliphatic carbocycles. The average molecular weight is 403 g/mol. The number of nitrogens with one attached hydrogen (secondary N) is 2. The molecule has 0 atom stereocenters. The van der Waals surface area contributed by atoms with Gasteiger partial charge >= 0.3 is 0 Å². The smallest absolute Gasteiger partial charge is 0.255 e. The number of sulfonamides is 1. The zero-order valence-corrected chi connectivity index (χ0v) is 16.0. The number of rotatable bonds is 6. The summed E-state index contributed by atoms with van der Waals surface area (Å²) in [4.78, 5) is 22.8. The van der Waals surface area contributed by atoms with E-state index in [1.165, 1.54) is 13.4 Å². The number of aromatic amines is 1. The van der Waals surface area contributed by atoms with Crippen LogP contribution in [-0.2, 0) is 22.2 Å². The van der Waals surface area contributed by atoms with Gasteiger partial charge in [-0.2, -0.15) is 0 Å². The quantitative estimate of drug-likeness (QED) is 0.601. The first-order valence-electron chi connectivity index (χ1n) is 7.97. The van der Waals surface area contributed by atoms with Gasteiger partial charge in [-0.05, 0) is 42.5 Å². The van der Waals surface area contributed by atoms with Gasteiger partial charge in [-0.25, -0.2) is 23.1 Å². The molecule has 0 amide bonds. The molecule has 2 aromatic heterocycles. The number of nitrogens with zero attached hydrogens (tertiary/aromatic N) is 3. The Morgan fingerprint density at radius 1 is 1.15 bits per heavy atom. The van der Waals surface area contributed by atoms with E-state index in [0.717, 1.165) is 5.56 Å². The predicted octanol–water partition coefficient (Wildman–Crippen LogP) is 1.33.